The molecule has 0 unspecified atom stereocenters. The number of hydrogen-bond acceptors (Lipinski definition) is 2. The molecule has 1 spiro atoms. The highest BCUT2D eigenvalue weighted by atomic mass is 16.3. The highest BCUT2D eigenvalue weighted by molar-refractivity contribution is 5.99. The minimum Gasteiger partial charge on any atom is -0.386 e. The molecule has 0 radical (unpaired) electrons. The lowest BCUT2D eigenvalue weighted by Gasteiger charge is -2.55. The Hall–Kier alpha value is -0.890. The van der Waals surface area contributed by atoms with Gasteiger partial charge in [0.1, 0.15) is 0 Å². The minimum absolute atomic E-state index is 0.0588. The Kier molecular flexibility index (Phi) is 3.26. The van der Waals surface area contributed by atoms with Crippen LogP contribution in [0.4, 0.5) is 0 Å². The first-order chi connectivity index (χ1) is 9.75. The van der Waals surface area contributed by atoms with Crippen LogP contribution in [0.25, 0.3) is 0 Å². The zero-order chi connectivity index (χ0) is 15.5. The Morgan fingerprint density at radius 2 is 1.95 bits per heavy atom. The van der Waals surface area contributed by atoms with E-state index in [1.165, 1.54) is 5.57 Å². The normalized spacial score (nSPS) is 49.4. The molecule has 1 fully saturated rings. The van der Waals surface area contributed by atoms with Gasteiger partial charge in [0.25, 0.3) is 0 Å². The van der Waals surface area contributed by atoms with Crippen molar-refractivity contribution in [1.82, 2.24) is 0 Å². The second kappa shape index (κ2) is 4.55. The van der Waals surface area contributed by atoms with Crippen LogP contribution in [0.1, 0.15) is 59.8 Å². The van der Waals surface area contributed by atoms with Crippen LogP contribution < -0.4 is 0 Å². The predicted molar refractivity (Wildman–Crippen MR) is 84.8 cm³/mol. The van der Waals surface area contributed by atoms with Crippen molar-refractivity contribution in [2.24, 2.45) is 22.7 Å². The highest BCUT2D eigenvalue weighted by Gasteiger charge is 2.60. The molecule has 0 aromatic rings. The first-order valence-electron chi connectivity index (χ1n) is 8.43. The molecule has 1 N–H and O–H groups in total. The number of aliphatic hydroxyl groups is 1. The van der Waals surface area contributed by atoms with Crippen molar-refractivity contribution in [3.63, 3.8) is 0 Å². The minimum atomic E-state index is -0.683. The van der Waals surface area contributed by atoms with Gasteiger partial charge in [-0.15, -0.1) is 0 Å². The molecule has 0 bridgehead atoms. The van der Waals surface area contributed by atoms with Crippen LogP contribution in [-0.4, -0.2) is 16.5 Å². The van der Waals surface area contributed by atoms with Gasteiger partial charge < -0.3 is 5.11 Å². The second-order valence-electron chi connectivity index (χ2n) is 8.03. The molecule has 2 nitrogen and oxygen atoms in total. The van der Waals surface area contributed by atoms with Crippen LogP contribution in [0.3, 0.4) is 0 Å². The van der Waals surface area contributed by atoms with E-state index in [9.17, 15) is 9.90 Å². The highest BCUT2D eigenvalue weighted by Crippen LogP contribution is 2.64. The molecule has 0 aromatic heterocycles. The monoisotopic (exact) mass is 288 g/mol. The summed E-state index contributed by atoms with van der Waals surface area (Å²) < 4.78 is 0. The maximum Gasteiger partial charge on any atom is 0.162 e. The van der Waals surface area contributed by atoms with Gasteiger partial charge in [0.15, 0.2) is 5.78 Å². The molecule has 2 heteroatoms. The molecular formula is C19H28O2. The number of allylic oxidation sites excluding steroid dienone is 3. The average Bonchev–Trinajstić information content (AvgIpc) is 2.70. The Bertz CT molecular complexity index is 528. The van der Waals surface area contributed by atoms with Crippen LogP contribution in [0.15, 0.2) is 23.8 Å². The Labute approximate surface area is 128 Å². The lowest BCUT2D eigenvalue weighted by Crippen LogP contribution is -2.51. The van der Waals surface area contributed by atoms with E-state index in [4.69, 9.17) is 0 Å². The lowest BCUT2D eigenvalue weighted by molar-refractivity contribution is -0.131. The van der Waals surface area contributed by atoms with E-state index >= 15 is 0 Å². The third-order valence-electron chi connectivity index (χ3n) is 6.66. The van der Waals surface area contributed by atoms with E-state index in [1.807, 2.05) is 19.1 Å². The summed E-state index contributed by atoms with van der Waals surface area (Å²) in [6.45, 7) is 8.56. The summed E-state index contributed by atoms with van der Waals surface area (Å²) in [4.78, 5) is 12.6. The van der Waals surface area contributed by atoms with Gasteiger partial charge in [0.05, 0.1) is 5.60 Å². The van der Waals surface area contributed by atoms with Gasteiger partial charge in [-0.3, -0.25) is 4.79 Å². The van der Waals surface area contributed by atoms with Gasteiger partial charge in [0, 0.05) is 11.3 Å². The zero-order valence-electron chi connectivity index (χ0n) is 13.8. The molecule has 0 aliphatic heterocycles. The third kappa shape index (κ3) is 1.98. The molecule has 5 atom stereocenters. The topological polar surface area (TPSA) is 37.3 Å². The van der Waals surface area contributed by atoms with Crippen LogP contribution in [0.5, 0.6) is 0 Å². The van der Waals surface area contributed by atoms with Crippen molar-refractivity contribution in [1.29, 1.82) is 0 Å². The van der Waals surface area contributed by atoms with E-state index < -0.39 is 5.60 Å². The number of ketones is 1. The SMILES string of the molecule is CCC1=CC(=O)[C@@]2(C)CC[C@H](C)[C@@]3(C=C[C@@](C)(O)CC3)[C@@H]12. The molecule has 0 aromatic carbocycles. The molecule has 1 saturated carbocycles. The third-order valence-corrected chi connectivity index (χ3v) is 6.66. The number of carbonyl (C=O) groups is 1. The summed E-state index contributed by atoms with van der Waals surface area (Å²) in [6.07, 6.45) is 11.1. The quantitative estimate of drug-likeness (QED) is 0.739. The van der Waals surface area contributed by atoms with E-state index in [0.717, 1.165) is 32.1 Å². The van der Waals surface area contributed by atoms with Crippen LogP contribution >= 0.6 is 0 Å². The largest absolute Gasteiger partial charge is 0.386 e. The molecule has 3 aliphatic rings. The van der Waals surface area contributed by atoms with E-state index in [0.29, 0.717) is 17.6 Å². The molecule has 0 amide bonds. The molecule has 0 heterocycles. The standard InChI is InChI=1S/C19H28O2/c1-5-14-12-15(20)18(4)7-6-13(2)19(16(14)18)10-8-17(3,21)9-11-19/h8,10,12-13,16,21H,5-7,9,11H2,1-4H3/t13-,16-,17+,18+,19-/m0/s1. The molecule has 21 heavy (non-hydrogen) atoms. The average molecular weight is 288 g/mol. The second-order valence-corrected chi connectivity index (χ2v) is 8.03. The Balaban J connectivity index is 2.10. The van der Waals surface area contributed by atoms with Gasteiger partial charge in [-0.25, -0.2) is 0 Å². The van der Waals surface area contributed by atoms with Crippen molar-refractivity contribution in [3.8, 4) is 0 Å². The first kappa shape index (κ1) is 15.0. The van der Waals surface area contributed by atoms with Crippen molar-refractivity contribution in [2.45, 2.75) is 65.4 Å². The van der Waals surface area contributed by atoms with Crippen molar-refractivity contribution < 1.29 is 9.90 Å². The summed E-state index contributed by atoms with van der Waals surface area (Å²) in [5.74, 6) is 1.24. The summed E-state index contributed by atoms with van der Waals surface area (Å²) in [7, 11) is 0. The summed E-state index contributed by atoms with van der Waals surface area (Å²) in [5.41, 5.74) is 0.492. The van der Waals surface area contributed by atoms with Crippen molar-refractivity contribution in [2.75, 3.05) is 0 Å². The Morgan fingerprint density at radius 1 is 1.24 bits per heavy atom. The maximum absolute atomic E-state index is 12.6. The van der Waals surface area contributed by atoms with Gasteiger partial charge >= 0.3 is 0 Å². The fourth-order valence-electron chi connectivity index (χ4n) is 5.17. The Morgan fingerprint density at radius 3 is 2.52 bits per heavy atom. The summed E-state index contributed by atoms with van der Waals surface area (Å²) in [6, 6.07) is 0. The van der Waals surface area contributed by atoms with Crippen LogP contribution in [0.2, 0.25) is 0 Å². The molecule has 0 saturated heterocycles. The number of rotatable bonds is 1. The predicted octanol–water partition coefficient (Wildman–Crippen LogP) is 4.05. The number of hydrogen-bond donors (Lipinski definition) is 1. The zero-order valence-corrected chi connectivity index (χ0v) is 13.8. The molecule has 3 aliphatic carbocycles. The van der Waals surface area contributed by atoms with E-state index in [2.05, 4.69) is 26.8 Å². The van der Waals surface area contributed by atoms with Gasteiger partial charge in [-0.1, -0.05) is 38.5 Å². The summed E-state index contributed by atoms with van der Waals surface area (Å²) >= 11 is 0. The van der Waals surface area contributed by atoms with Crippen molar-refractivity contribution >= 4 is 5.78 Å². The molecule has 116 valence electrons. The molecular weight excluding hydrogens is 260 g/mol. The van der Waals surface area contributed by atoms with Gasteiger partial charge in [-0.05, 0) is 56.4 Å². The fraction of sp³-hybridized carbons (Fsp3) is 0.737. The van der Waals surface area contributed by atoms with Crippen LogP contribution in [0, 0.1) is 22.7 Å². The first-order valence-corrected chi connectivity index (χ1v) is 8.43. The van der Waals surface area contributed by atoms with E-state index in [1.54, 1.807) is 0 Å². The summed E-state index contributed by atoms with van der Waals surface area (Å²) in [5, 5.41) is 10.3. The lowest BCUT2D eigenvalue weighted by atomic mass is 9.48. The van der Waals surface area contributed by atoms with Crippen molar-refractivity contribution in [3.05, 3.63) is 23.8 Å². The van der Waals surface area contributed by atoms with Crippen LogP contribution in [-0.2, 0) is 4.79 Å². The smallest absolute Gasteiger partial charge is 0.162 e. The maximum atomic E-state index is 12.6. The van der Waals surface area contributed by atoms with Gasteiger partial charge in [0.2, 0.25) is 0 Å². The molecule has 3 rings (SSSR count). The van der Waals surface area contributed by atoms with Gasteiger partial charge in [-0.2, -0.15) is 0 Å². The number of carbonyl (C=O) groups excluding carboxylic acids is 1. The number of fused-ring (bicyclic) bond motifs is 2. The van der Waals surface area contributed by atoms with E-state index in [-0.39, 0.29) is 10.8 Å². The fourth-order valence-corrected chi connectivity index (χ4v) is 5.17.